The van der Waals surface area contributed by atoms with Gasteiger partial charge in [0.05, 0.1) is 0 Å². The van der Waals surface area contributed by atoms with Crippen LogP contribution in [-0.4, -0.2) is 29.0 Å². The van der Waals surface area contributed by atoms with Crippen LogP contribution >= 0.6 is 0 Å². The third-order valence-corrected chi connectivity index (χ3v) is 2.99. The van der Waals surface area contributed by atoms with Gasteiger partial charge in [-0.2, -0.15) is 0 Å². The van der Waals surface area contributed by atoms with E-state index in [0.29, 0.717) is 5.75 Å². The molecule has 3 N–H and O–H groups in total. The minimum absolute atomic E-state index is 0.104. The third kappa shape index (κ3) is 5.05. The summed E-state index contributed by atoms with van der Waals surface area (Å²) in [7, 11) is 0. The first-order valence-corrected chi connectivity index (χ1v) is 7.09. The fourth-order valence-corrected chi connectivity index (χ4v) is 2.05. The summed E-state index contributed by atoms with van der Waals surface area (Å²) in [5.74, 6) is 1.76. The van der Waals surface area contributed by atoms with Crippen LogP contribution < -0.4 is 15.8 Å². The van der Waals surface area contributed by atoms with E-state index in [0.717, 1.165) is 30.3 Å². The van der Waals surface area contributed by atoms with Crippen LogP contribution in [-0.2, 0) is 11.2 Å². The molecule has 2 rings (SSSR count). The van der Waals surface area contributed by atoms with Crippen molar-refractivity contribution in [1.82, 2.24) is 9.97 Å². The summed E-state index contributed by atoms with van der Waals surface area (Å²) < 4.78 is 5.22. The van der Waals surface area contributed by atoms with Gasteiger partial charge in [-0.25, -0.2) is 9.97 Å². The fraction of sp³-hybridized carbons (Fsp3) is 0.312. The van der Waals surface area contributed by atoms with Gasteiger partial charge in [0.25, 0.3) is 5.91 Å². The predicted molar refractivity (Wildman–Crippen MR) is 84.8 cm³/mol. The number of anilines is 1. The van der Waals surface area contributed by atoms with E-state index in [1.807, 2.05) is 44.2 Å². The number of aryl methyl sites for hydroxylation is 2. The van der Waals surface area contributed by atoms with Crippen molar-refractivity contribution in [2.75, 3.05) is 18.5 Å². The summed E-state index contributed by atoms with van der Waals surface area (Å²) in [5, 5.41) is 3.29. The van der Waals surface area contributed by atoms with Gasteiger partial charge in [0.15, 0.2) is 6.61 Å². The highest BCUT2D eigenvalue weighted by molar-refractivity contribution is 5.75. The van der Waals surface area contributed by atoms with Gasteiger partial charge in [-0.1, -0.05) is 12.1 Å². The largest absolute Gasteiger partial charge is 0.484 e. The number of hydrogen-bond acceptors (Lipinski definition) is 5. The van der Waals surface area contributed by atoms with Gasteiger partial charge in [-0.05, 0) is 38.0 Å². The molecule has 2 aromatic rings. The average Bonchev–Trinajstić information content (AvgIpc) is 2.45. The van der Waals surface area contributed by atoms with E-state index >= 15 is 0 Å². The average molecular weight is 300 g/mol. The minimum Gasteiger partial charge on any atom is -0.484 e. The topological polar surface area (TPSA) is 90.1 Å². The van der Waals surface area contributed by atoms with Crippen LogP contribution in [0.25, 0.3) is 0 Å². The van der Waals surface area contributed by atoms with Gasteiger partial charge in [0.1, 0.15) is 17.4 Å². The van der Waals surface area contributed by atoms with Crippen molar-refractivity contribution in [3.05, 3.63) is 47.4 Å². The highest BCUT2D eigenvalue weighted by Crippen LogP contribution is 2.13. The van der Waals surface area contributed by atoms with Crippen LogP contribution in [0.5, 0.6) is 5.75 Å². The number of primary amides is 1. The molecule has 1 aromatic carbocycles. The molecule has 22 heavy (non-hydrogen) atoms. The number of rotatable bonds is 7. The Morgan fingerprint density at radius 1 is 1.23 bits per heavy atom. The van der Waals surface area contributed by atoms with Crippen LogP contribution in [0.4, 0.5) is 5.82 Å². The van der Waals surface area contributed by atoms with Gasteiger partial charge >= 0.3 is 0 Å². The molecule has 0 aliphatic heterocycles. The molecule has 0 fully saturated rings. The molecule has 0 bridgehead atoms. The van der Waals surface area contributed by atoms with Gasteiger partial charge in [-0.3, -0.25) is 4.79 Å². The zero-order valence-electron chi connectivity index (χ0n) is 12.8. The summed E-state index contributed by atoms with van der Waals surface area (Å²) in [5.41, 5.74) is 7.15. The van der Waals surface area contributed by atoms with Gasteiger partial charge in [0, 0.05) is 18.3 Å². The Bertz CT molecular complexity index is 621. The summed E-state index contributed by atoms with van der Waals surface area (Å²) in [6, 6.07) is 9.52. The maximum atomic E-state index is 10.6. The smallest absolute Gasteiger partial charge is 0.255 e. The maximum Gasteiger partial charge on any atom is 0.255 e. The standard InChI is InChI=1S/C16H20N4O2/c1-11-9-16(20-12(2)19-11)18-8-7-13-3-5-14(6-4-13)22-10-15(17)21/h3-6,9H,7-8,10H2,1-2H3,(H2,17,21)(H,18,19,20). The van der Waals surface area contributed by atoms with Crippen molar-refractivity contribution >= 4 is 11.7 Å². The summed E-state index contributed by atoms with van der Waals surface area (Å²) >= 11 is 0. The number of hydrogen-bond donors (Lipinski definition) is 2. The van der Waals surface area contributed by atoms with Gasteiger partial charge in [0.2, 0.25) is 0 Å². The lowest BCUT2D eigenvalue weighted by Gasteiger charge is -2.08. The SMILES string of the molecule is Cc1cc(NCCc2ccc(OCC(N)=O)cc2)nc(C)n1. The zero-order chi connectivity index (χ0) is 15.9. The van der Waals surface area contributed by atoms with E-state index in [9.17, 15) is 4.79 Å². The molecule has 0 atom stereocenters. The molecule has 6 heteroatoms. The second-order valence-electron chi connectivity index (χ2n) is 5.02. The van der Waals surface area contributed by atoms with E-state index in [2.05, 4.69) is 15.3 Å². The van der Waals surface area contributed by atoms with E-state index in [4.69, 9.17) is 10.5 Å². The molecular weight excluding hydrogens is 280 g/mol. The third-order valence-electron chi connectivity index (χ3n) is 2.99. The summed E-state index contributed by atoms with van der Waals surface area (Å²) in [6.45, 7) is 4.50. The monoisotopic (exact) mass is 300 g/mol. The van der Waals surface area contributed by atoms with Gasteiger partial charge < -0.3 is 15.8 Å². The highest BCUT2D eigenvalue weighted by atomic mass is 16.5. The van der Waals surface area contributed by atoms with Crippen LogP contribution in [0.3, 0.4) is 0 Å². The number of amides is 1. The summed E-state index contributed by atoms with van der Waals surface area (Å²) in [4.78, 5) is 19.2. The lowest BCUT2D eigenvalue weighted by Crippen LogP contribution is -2.19. The van der Waals surface area contributed by atoms with E-state index in [1.54, 1.807) is 0 Å². The molecule has 0 aliphatic rings. The van der Waals surface area contributed by atoms with E-state index in [-0.39, 0.29) is 6.61 Å². The Kier molecular flexibility index (Phi) is 5.30. The normalized spacial score (nSPS) is 10.3. The molecule has 1 aromatic heterocycles. The van der Waals surface area contributed by atoms with E-state index in [1.165, 1.54) is 5.56 Å². The Morgan fingerprint density at radius 3 is 2.59 bits per heavy atom. The number of aromatic nitrogens is 2. The Morgan fingerprint density at radius 2 is 1.95 bits per heavy atom. The first-order valence-electron chi connectivity index (χ1n) is 7.09. The number of ether oxygens (including phenoxy) is 1. The van der Waals surface area contributed by atoms with Crippen LogP contribution in [0.15, 0.2) is 30.3 Å². The summed E-state index contributed by atoms with van der Waals surface area (Å²) in [6.07, 6.45) is 0.859. The van der Waals surface area contributed by atoms with Crippen molar-refractivity contribution in [2.24, 2.45) is 5.73 Å². The first kappa shape index (κ1) is 15.8. The molecule has 0 unspecified atom stereocenters. The van der Waals surface area contributed by atoms with Crippen molar-refractivity contribution < 1.29 is 9.53 Å². The number of nitrogens with zero attached hydrogens (tertiary/aromatic N) is 2. The lowest BCUT2D eigenvalue weighted by atomic mass is 10.1. The zero-order valence-corrected chi connectivity index (χ0v) is 12.8. The van der Waals surface area contributed by atoms with Crippen molar-refractivity contribution in [1.29, 1.82) is 0 Å². The molecule has 0 saturated heterocycles. The number of nitrogens with one attached hydrogen (secondary N) is 1. The second-order valence-corrected chi connectivity index (χ2v) is 5.02. The van der Waals surface area contributed by atoms with Crippen LogP contribution in [0, 0.1) is 13.8 Å². The van der Waals surface area contributed by atoms with Crippen LogP contribution in [0.2, 0.25) is 0 Å². The lowest BCUT2D eigenvalue weighted by molar-refractivity contribution is -0.119. The molecular formula is C16H20N4O2. The minimum atomic E-state index is -0.483. The Labute approximate surface area is 129 Å². The molecule has 0 spiro atoms. The van der Waals surface area contributed by atoms with Gasteiger partial charge in [-0.15, -0.1) is 0 Å². The Hall–Kier alpha value is -2.63. The maximum absolute atomic E-state index is 10.6. The van der Waals surface area contributed by atoms with Crippen molar-refractivity contribution in [3.63, 3.8) is 0 Å². The molecule has 0 radical (unpaired) electrons. The van der Waals surface area contributed by atoms with E-state index < -0.39 is 5.91 Å². The fourth-order valence-electron chi connectivity index (χ4n) is 2.05. The Balaban J connectivity index is 1.82. The molecule has 6 nitrogen and oxygen atoms in total. The quantitative estimate of drug-likeness (QED) is 0.811. The number of benzene rings is 1. The number of carbonyl (C=O) groups is 1. The molecule has 0 saturated carbocycles. The first-order chi connectivity index (χ1) is 10.5. The second kappa shape index (κ2) is 7.40. The highest BCUT2D eigenvalue weighted by Gasteiger charge is 2.00. The molecule has 116 valence electrons. The predicted octanol–water partition coefficient (Wildman–Crippen LogP) is 1.61. The molecule has 1 heterocycles. The number of carbonyl (C=O) groups excluding carboxylic acids is 1. The van der Waals surface area contributed by atoms with Crippen molar-refractivity contribution in [2.45, 2.75) is 20.3 Å². The van der Waals surface area contributed by atoms with Crippen LogP contribution in [0.1, 0.15) is 17.1 Å². The molecule has 1 amide bonds. The number of nitrogens with two attached hydrogens (primary N) is 1. The van der Waals surface area contributed by atoms with Crippen molar-refractivity contribution in [3.8, 4) is 5.75 Å². The molecule has 0 aliphatic carbocycles.